The Labute approximate surface area is 225 Å². The van der Waals surface area contributed by atoms with Crippen LogP contribution in [-0.2, 0) is 12.5 Å². The maximum Gasteiger partial charge on any atom is 0.333 e. The second-order valence-corrected chi connectivity index (χ2v) is 10.8. The molecule has 1 atom stereocenters. The third-order valence-electron chi connectivity index (χ3n) is 7.73. The van der Waals surface area contributed by atoms with Crippen molar-refractivity contribution >= 4 is 27.8 Å². The van der Waals surface area contributed by atoms with Crippen LogP contribution in [0.1, 0.15) is 31.5 Å². The lowest BCUT2D eigenvalue weighted by atomic mass is 9.86. The van der Waals surface area contributed by atoms with Crippen molar-refractivity contribution in [3.05, 3.63) is 76.7 Å². The number of imidazole rings is 1. The van der Waals surface area contributed by atoms with Crippen molar-refractivity contribution in [2.24, 2.45) is 7.05 Å². The molecular weight excluding hydrogens is 490 g/mol. The van der Waals surface area contributed by atoms with Crippen LogP contribution < -0.4 is 10.6 Å². The summed E-state index contributed by atoms with van der Waals surface area (Å²) in [6.45, 7) is 6.96. The van der Waals surface area contributed by atoms with Gasteiger partial charge in [0, 0.05) is 43.5 Å². The average molecular weight is 520 g/mol. The van der Waals surface area contributed by atoms with Gasteiger partial charge in [0.05, 0.1) is 51.7 Å². The van der Waals surface area contributed by atoms with Gasteiger partial charge in [-0.25, -0.2) is 9.78 Å². The van der Waals surface area contributed by atoms with Crippen molar-refractivity contribution < 1.29 is 5.11 Å². The van der Waals surface area contributed by atoms with E-state index < -0.39 is 5.41 Å². The number of anilines is 1. The molecule has 196 valence electrons. The molecule has 1 fully saturated rings. The summed E-state index contributed by atoms with van der Waals surface area (Å²) in [5.41, 5.74) is 5.44. The van der Waals surface area contributed by atoms with Gasteiger partial charge in [0.2, 0.25) is 0 Å². The van der Waals surface area contributed by atoms with E-state index in [1.54, 1.807) is 34.8 Å². The number of nitrogens with zero attached hydrogens (tertiary/aromatic N) is 7. The van der Waals surface area contributed by atoms with E-state index in [1.807, 2.05) is 57.2 Å². The largest absolute Gasteiger partial charge is 0.391 e. The van der Waals surface area contributed by atoms with Gasteiger partial charge in [-0.3, -0.25) is 19.1 Å². The molecule has 1 aliphatic rings. The number of hydrogen-bond acceptors (Lipinski definition) is 7. The van der Waals surface area contributed by atoms with Gasteiger partial charge in [0.25, 0.3) is 0 Å². The Morgan fingerprint density at radius 1 is 1.10 bits per heavy atom. The van der Waals surface area contributed by atoms with E-state index in [9.17, 15) is 15.2 Å². The van der Waals surface area contributed by atoms with Gasteiger partial charge in [-0.1, -0.05) is 6.07 Å². The van der Waals surface area contributed by atoms with E-state index in [0.717, 1.165) is 57.6 Å². The Balaban J connectivity index is 1.54. The summed E-state index contributed by atoms with van der Waals surface area (Å²) in [7, 11) is 1.75. The molecule has 6 rings (SSSR count). The molecule has 39 heavy (non-hydrogen) atoms. The molecule has 0 amide bonds. The number of β-amino-alcohol motifs (C(OH)–C–C–N with tert-alkyl or cyclic N) is 1. The first-order valence-electron chi connectivity index (χ1n) is 13.0. The van der Waals surface area contributed by atoms with Crippen LogP contribution in [0.5, 0.6) is 0 Å². The summed E-state index contributed by atoms with van der Waals surface area (Å²) in [4.78, 5) is 29.5. The molecule has 9 nitrogen and oxygen atoms in total. The van der Waals surface area contributed by atoms with Crippen LogP contribution >= 0.6 is 0 Å². The minimum atomic E-state index is -0.668. The van der Waals surface area contributed by atoms with Crippen LogP contribution in [0.15, 0.2) is 59.8 Å². The van der Waals surface area contributed by atoms with E-state index in [0.29, 0.717) is 17.7 Å². The predicted molar refractivity (Wildman–Crippen MR) is 151 cm³/mol. The van der Waals surface area contributed by atoms with Gasteiger partial charge >= 0.3 is 5.69 Å². The highest BCUT2D eigenvalue weighted by atomic mass is 16.3. The van der Waals surface area contributed by atoms with Gasteiger partial charge in [0.15, 0.2) is 0 Å². The maximum absolute atomic E-state index is 13.6. The third-order valence-corrected chi connectivity index (χ3v) is 7.73. The third kappa shape index (κ3) is 4.04. The highest BCUT2D eigenvalue weighted by Crippen LogP contribution is 2.32. The fraction of sp³-hybridized carbons (Fsp3) is 0.300. The molecule has 1 saturated heterocycles. The number of hydrogen-bond donors (Lipinski definition) is 1. The summed E-state index contributed by atoms with van der Waals surface area (Å²) in [5.74, 6) is 0.794. The lowest BCUT2D eigenvalue weighted by molar-refractivity contribution is 0.198. The molecule has 5 heterocycles. The van der Waals surface area contributed by atoms with E-state index in [-0.39, 0.29) is 11.8 Å². The first kappa shape index (κ1) is 24.8. The second kappa shape index (κ2) is 9.03. The van der Waals surface area contributed by atoms with Crippen molar-refractivity contribution in [1.82, 2.24) is 24.1 Å². The van der Waals surface area contributed by atoms with E-state index in [2.05, 4.69) is 20.9 Å². The van der Waals surface area contributed by atoms with Crippen LogP contribution in [0.2, 0.25) is 0 Å². The molecule has 0 unspecified atom stereocenters. The first-order valence-corrected chi connectivity index (χ1v) is 13.0. The van der Waals surface area contributed by atoms with Crippen LogP contribution in [0.4, 0.5) is 5.82 Å². The van der Waals surface area contributed by atoms with E-state index >= 15 is 0 Å². The van der Waals surface area contributed by atoms with Crippen molar-refractivity contribution in [3.63, 3.8) is 0 Å². The molecule has 0 aliphatic carbocycles. The van der Waals surface area contributed by atoms with Crippen LogP contribution in [0, 0.1) is 18.3 Å². The number of rotatable bonds is 4. The number of pyridine rings is 3. The van der Waals surface area contributed by atoms with E-state index in [4.69, 9.17) is 4.98 Å². The molecule has 1 aliphatic heterocycles. The Bertz CT molecular complexity index is 1860. The minimum Gasteiger partial charge on any atom is -0.391 e. The number of aromatic nitrogens is 5. The molecule has 4 aromatic heterocycles. The molecule has 0 radical (unpaired) electrons. The number of nitriles is 1. The Morgan fingerprint density at radius 2 is 1.92 bits per heavy atom. The number of benzene rings is 1. The molecule has 0 saturated carbocycles. The molecule has 1 N–H and O–H groups in total. The summed E-state index contributed by atoms with van der Waals surface area (Å²) < 4.78 is 3.32. The lowest BCUT2D eigenvalue weighted by Crippen LogP contribution is -2.24. The topological polar surface area (TPSA) is 113 Å². The molecule has 1 aromatic carbocycles. The molecule has 9 heteroatoms. The van der Waals surface area contributed by atoms with Gasteiger partial charge in [-0.05, 0) is 68.7 Å². The normalized spacial score (nSPS) is 15.8. The zero-order chi connectivity index (χ0) is 27.5. The van der Waals surface area contributed by atoms with Gasteiger partial charge in [-0.2, -0.15) is 5.26 Å². The van der Waals surface area contributed by atoms with Crippen molar-refractivity contribution in [1.29, 1.82) is 5.26 Å². The quantitative estimate of drug-likeness (QED) is 0.382. The minimum absolute atomic E-state index is 0.182. The Morgan fingerprint density at radius 3 is 2.64 bits per heavy atom. The van der Waals surface area contributed by atoms with Crippen molar-refractivity contribution in [2.45, 2.75) is 38.7 Å². The van der Waals surface area contributed by atoms with Gasteiger partial charge < -0.3 is 10.0 Å². The molecular formula is C30H29N7O2. The highest BCUT2D eigenvalue weighted by Gasteiger charge is 2.24. The first-order chi connectivity index (χ1) is 18.7. The smallest absolute Gasteiger partial charge is 0.333 e. The van der Waals surface area contributed by atoms with E-state index in [1.165, 1.54) is 0 Å². The Kier molecular flexibility index (Phi) is 5.74. The average Bonchev–Trinajstić information content (AvgIpc) is 3.49. The molecule has 5 aromatic rings. The summed E-state index contributed by atoms with van der Waals surface area (Å²) in [6.07, 6.45) is 5.62. The Hall–Kier alpha value is -4.55. The number of fused-ring (bicyclic) bond motifs is 3. The summed E-state index contributed by atoms with van der Waals surface area (Å²) in [6, 6.07) is 14.1. The molecule has 0 spiro atoms. The maximum atomic E-state index is 13.6. The van der Waals surface area contributed by atoms with Crippen LogP contribution in [0.3, 0.4) is 0 Å². The fourth-order valence-electron chi connectivity index (χ4n) is 5.31. The SMILES string of the molecule is Cc1nc(N2CC[C@@H](O)C2)ccc1-n1c(=O)n(C)c2cnc3ccc(-c4cncc(C(C)(C)C#N)c4)cc3c21. The second-order valence-electron chi connectivity index (χ2n) is 10.8. The number of aryl methyl sites for hydroxylation is 2. The van der Waals surface area contributed by atoms with Gasteiger partial charge in [0.1, 0.15) is 5.82 Å². The zero-order valence-corrected chi connectivity index (χ0v) is 22.4. The van der Waals surface area contributed by atoms with Crippen molar-refractivity contribution in [3.8, 4) is 22.9 Å². The predicted octanol–water partition coefficient (Wildman–Crippen LogP) is 4.02. The zero-order valence-electron chi connectivity index (χ0n) is 22.4. The highest BCUT2D eigenvalue weighted by molar-refractivity contribution is 6.04. The lowest BCUT2D eigenvalue weighted by Gasteiger charge is -2.18. The van der Waals surface area contributed by atoms with Crippen LogP contribution in [-0.4, -0.2) is 48.4 Å². The number of aliphatic hydroxyl groups is 1. The standard InChI is InChI=1S/C30H29N7O2/c1-18-25(7-8-27(34-18)36-10-9-22(38)16-36)37-28-23-12-19(20-11-21(14-32-13-20)30(2,3)17-31)5-6-24(23)33-15-26(28)35(4)29(37)39/h5-8,11-15,22,38H,9-10,16H2,1-4H3/t22-/m1/s1. The van der Waals surface area contributed by atoms with Crippen LogP contribution in [0.25, 0.3) is 38.8 Å². The summed E-state index contributed by atoms with van der Waals surface area (Å²) >= 11 is 0. The fourth-order valence-corrected chi connectivity index (χ4v) is 5.31. The monoisotopic (exact) mass is 519 g/mol. The summed E-state index contributed by atoms with van der Waals surface area (Å²) in [5, 5.41) is 20.4. The molecule has 0 bridgehead atoms. The van der Waals surface area contributed by atoms with Crippen molar-refractivity contribution in [2.75, 3.05) is 18.0 Å². The number of aliphatic hydroxyl groups excluding tert-OH is 1. The van der Waals surface area contributed by atoms with Gasteiger partial charge in [-0.15, -0.1) is 0 Å².